The van der Waals surface area contributed by atoms with Gasteiger partial charge >= 0.3 is 0 Å². The highest BCUT2D eigenvalue weighted by atomic mass is 32.1. The lowest BCUT2D eigenvalue weighted by Crippen LogP contribution is -2.47. The lowest BCUT2D eigenvalue weighted by molar-refractivity contribution is 0.0895. The van der Waals surface area contributed by atoms with E-state index in [0.717, 1.165) is 32.4 Å². The summed E-state index contributed by atoms with van der Waals surface area (Å²) in [6.45, 7) is 6.15. The van der Waals surface area contributed by atoms with Crippen LogP contribution >= 0.6 is 11.3 Å². The van der Waals surface area contributed by atoms with E-state index in [-0.39, 0.29) is 11.9 Å². The van der Waals surface area contributed by atoms with E-state index in [9.17, 15) is 4.79 Å². The van der Waals surface area contributed by atoms with Gasteiger partial charge in [-0.3, -0.25) is 4.79 Å². The molecule has 1 amide bonds. The molecule has 2 unspecified atom stereocenters. The molecule has 2 N–H and O–H groups in total. The SMILES string of the molecule is CCCNc1nnc(C(=O)NC2CCN(C)C(C)C2)s1. The monoisotopic (exact) mass is 297 g/mol. The number of likely N-dealkylation sites (tertiary alicyclic amines) is 1. The first kappa shape index (κ1) is 15.2. The zero-order valence-corrected chi connectivity index (χ0v) is 13.2. The minimum absolute atomic E-state index is 0.103. The molecule has 0 saturated carbocycles. The molecule has 2 heterocycles. The van der Waals surface area contributed by atoms with Gasteiger partial charge in [0.1, 0.15) is 0 Å². The van der Waals surface area contributed by atoms with Crippen LogP contribution in [0, 0.1) is 0 Å². The Morgan fingerprint density at radius 3 is 3.00 bits per heavy atom. The van der Waals surface area contributed by atoms with E-state index < -0.39 is 0 Å². The topological polar surface area (TPSA) is 70.1 Å². The Balaban J connectivity index is 1.86. The average molecular weight is 297 g/mol. The van der Waals surface area contributed by atoms with Gasteiger partial charge in [0, 0.05) is 25.2 Å². The van der Waals surface area contributed by atoms with Gasteiger partial charge < -0.3 is 15.5 Å². The third-order valence-electron chi connectivity index (χ3n) is 3.69. The van der Waals surface area contributed by atoms with E-state index in [2.05, 4.69) is 46.6 Å². The predicted octanol–water partition coefficient (Wildman–Crippen LogP) is 1.57. The van der Waals surface area contributed by atoms with Crippen LogP contribution in [-0.4, -0.2) is 53.2 Å². The summed E-state index contributed by atoms with van der Waals surface area (Å²) in [6, 6.07) is 0.745. The molecule has 1 aromatic rings. The molecular weight excluding hydrogens is 274 g/mol. The zero-order valence-electron chi connectivity index (χ0n) is 12.3. The molecule has 2 atom stereocenters. The van der Waals surface area contributed by atoms with Gasteiger partial charge in [0.25, 0.3) is 5.91 Å². The summed E-state index contributed by atoms with van der Waals surface area (Å²) in [5.74, 6) is -0.103. The Labute approximate surface area is 124 Å². The van der Waals surface area contributed by atoms with E-state index in [1.54, 1.807) is 0 Å². The molecule has 20 heavy (non-hydrogen) atoms. The summed E-state index contributed by atoms with van der Waals surface area (Å²) >= 11 is 1.32. The van der Waals surface area contributed by atoms with Crippen molar-refractivity contribution in [3.8, 4) is 0 Å². The number of aromatic nitrogens is 2. The Morgan fingerprint density at radius 2 is 2.30 bits per heavy atom. The van der Waals surface area contributed by atoms with Crippen molar-refractivity contribution in [2.45, 2.75) is 45.2 Å². The summed E-state index contributed by atoms with van der Waals surface area (Å²) < 4.78 is 0. The number of nitrogens with one attached hydrogen (secondary N) is 2. The Hall–Kier alpha value is -1.21. The average Bonchev–Trinajstić information content (AvgIpc) is 2.89. The van der Waals surface area contributed by atoms with E-state index in [1.807, 2.05) is 0 Å². The first-order valence-corrected chi connectivity index (χ1v) is 8.00. The van der Waals surface area contributed by atoms with Gasteiger partial charge in [-0.15, -0.1) is 10.2 Å². The number of anilines is 1. The highest BCUT2D eigenvalue weighted by Gasteiger charge is 2.25. The fourth-order valence-corrected chi connectivity index (χ4v) is 2.96. The summed E-state index contributed by atoms with van der Waals surface area (Å²) in [5.41, 5.74) is 0. The first-order chi connectivity index (χ1) is 9.60. The second-order valence-corrected chi connectivity index (χ2v) is 6.34. The molecule has 1 aliphatic heterocycles. The molecule has 1 fully saturated rings. The van der Waals surface area contributed by atoms with E-state index in [1.165, 1.54) is 11.3 Å². The third-order valence-corrected chi connectivity index (χ3v) is 4.57. The molecule has 0 aliphatic carbocycles. The summed E-state index contributed by atoms with van der Waals surface area (Å²) in [4.78, 5) is 14.5. The quantitative estimate of drug-likeness (QED) is 0.863. The van der Waals surface area contributed by atoms with Gasteiger partial charge in [0.2, 0.25) is 10.1 Å². The fraction of sp³-hybridized carbons (Fsp3) is 0.769. The second kappa shape index (κ2) is 6.99. The van der Waals surface area contributed by atoms with Crippen molar-refractivity contribution < 1.29 is 4.79 Å². The molecule has 0 spiro atoms. The number of nitrogens with zero attached hydrogens (tertiary/aromatic N) is 3. The van der Waals surface area contributed by atoms with Crippen LogP contribution in [0.15, 0.2) is 0 Å². The fourth-order valence-electron chi connectivity index (χ4n) is 2.29. The number of rotatable bonds is 5. The molecule has 0 radical (unpaired) electrons. The molecule has 2 rings (SSSR count). The van der Waals surface area contributed by atoms with Crippen LogP contribution in [0.3, 0.4) is 0 Å². The van der Waals surface area contributed by atoms with Crippen LogP contribution in [0.5, 0.6) is 0 Å². The lowest BCUT2D eigenvalue weighted by atomic mass is 9.99. The minimum atomic E-state index is -0.103. The van der Waals surface area contributed by atoms with Crippen molar-refractivity contribution in [3.05, 3.63) is 5.01 Å². The summed E-state index contributed by atoms with van der Waals surface area (Å²) in [6.07, 6.45) is 3.00. The lowest BCUT2D eigenvalue weighted by Gasteiger charge is -2.35. The van der Waals surface area contributed by atoms with Gasteiger partial charge in [0.15, 0.2) is 0 Å². The molecule has 1 aromatic heterocycles. The number of carbonyl (C=O) groups excluding carboxylic acids is 1. The first-order valence-electron chi connectivity index (χ1n) is 7.18. The molecule has 6 nitrogen and oxygen atoms in total. The van der Waals surface area contributed by atoms with Crippen LogP contribution in [0.25, 0.3) is 0 Å². The van der Waals surface area contributed by atoms with Crippen molar-refractivity contribution in [2.24, 2.45) is 0 Å². The smallest absolute Gasteiger partial charge is 0.282 e. The van der Waals surface area contributed by atoms with Gasteiger partial charge in [0.05, 0.1) is 0 Å². The van der Waals surface area contributed by atoms with Crippen LogP contribution in [-0.2, 0) is 0 Å². The largest absolute Gasteiger partial charge is 0.360 e. The van der Waals surface area contributed by atoms with Crippen molar-refractivity contribution in [1.82, 2.24) is 20.4 Å². The summed E-state index contributed by atoms with van der Waals surface area (Å²) in [5, 5.41) is 15.3. The minimum Gasteiger partial charge on any atom is -0.360 e. The number of piperidine rings is 1. The Kier molecular flexibility index (Phi) is 5.31. The van der Waals surface area contributed by atoms with E-state index in [4.69, 9.17) is 0 Å². The molecule has 7 heteroatoms. The van der Waals surface area contributed by atoms with E-state index >= 15 is 0 Å². The standard InChI is InChI=1S/C13H23N5OS/c1-4-6-14-13-17-16-12(20-13)11(19)15-10-5-7-18(3)9(2)8-10/h9-10H,4-8H2,1-3H3,(H,14,17)(H,15,19). The van der Waals surface area contributed by atoms with Gasteiger partial charge in [-0.1, -0.05) is 18.3 Å². The molecule has 0 bridgehead atoms. The highest BCUT2D eigenvalue weighted by Crippen LogP contribution is 2.18. The predicted molar refractivity (Wildman–Crippen MR) is 81.3 cm³/mol. The van der Waals surface area contributed by atoms with Gasteiger partial charge in [-0.25, -0.2) is 0 Å². The maximum absolute atomic E-state index is 12.1. The van der Waals surface area contributed by atoms with Crippen LogP contribution in [0.2, 0.25) is 0 Å². The highest BCUT2D eigenvalue weighted by molar-refractivity contribution is 7.17. The molecule has 0 aromatic carbocycles. The van der Waals surface area contributed by atoms with Crippen LogP contribution in [0.4, 0.5) is 5.13 Å². The molecule has 1 aliphatic rings. The van der Waals surface area contributed by atoms with Crippen LogP contribution in [0.1, 0.15) is 42.9 Å². The van der Waals surface area contributed by atoms with Crippen molar-refractivity contribution in [1.29, 1.82) is 0 Å². The number of carbonyl (C=O) groups is 1. The van der Waals surface area contributed by atoms with Gasteiger partial charge in [-0.05, 0) is 33.2 Å². The zero-order chi connectivity index (χ0) is 14.5. The second-order valence-electron chi connectivity index (χ2n) is 5.36. The maximum Gasteiger partial charge on any atom is 0.282 e. The number of hydrogen-bond donors (Lipinski definition) is 2. The Bertz CT molecular complexity index is 450. The maximum atomic E-state index is 12.1. The molecular formula is C13H23N5OS. The summed E-state index contributed by atoms with van der Waals surface area (Å²) in [7, 11) is 2.12. The van der Waals surface area contributed by atoms with Crippen molar-refractivity contribution in [2.75, 3.05) is 25.5 Å². The number of hydrogen-bond acceptors (Lipinski definition) is 6. The molecule has 1 saturated heterocycles. The van der Waals surface area contributed by atoms with E-state index in [0.29, 0.717) is 16.2 Å². The van der Waals surface area contributed by atoms with Gasteiger partial charge in [-0.2, -0.15) is 0 Å². The third kappa shape index (κ3) is 3.89. The number of amides is 1. The van der Waals surface area contributed by atoms with Crippen LogP contribution < -0.4 is 10.6 Å². The normalized spacial score (nSPS) is 23.6. The Morgan fingerprint density at radius 1 is 1.50 bits per heavy atom. The molecule has 112 valence electrons. The van der Waals surface area contributed by atoms with Crippen molar-refractivity contribution >= 4 is 22.4 Å². The van der Waals surface area contributed by atoms with Crippen molar-refractivity contribution in [3.63, 3.8) is 0 Å².